The van der Waals surface area contributed by atoms with E-state index in [1.165, 1.54) is 11.1 Å². The quantitative estimate of drug-likeness (QED) is 0.547. The Balaban J connectivity index is 0.00000225. The van der Waals surface area contributed by atoms with Crippen LogP contribution in [0.1, 0.15) is 17.3 Å². The molecule has 10 radical (unpaired) electrons. The number of rotatable bonds is 6. The van der Waals surface area contributed by atoms with E-state index >= 15 is 0 Å². The van der Waals surface area contributed by atoms with Gasteiger partial charge in [0.05, 0.1) is 12.2 Å². The Hall–Kier alpha value is -0.774. The number of carbonyl (C=O) groups excluding carboxylic acids is 1. The molecule has 3 nitrogen and oxygen atoms in total. The zero-order chi connectivity index (χ0) is 17.0. The third-order valence-corrected chi connectivity index (χ3v) is 7.63. The minimum Gasteiger partial charge on any atom is -0.543 e. The van der Waals surface area contributed by atoms with E-state index in [0.717, 1.165) is 5.75 Å². The van der Waals surface area contributed by atoms with E-state index in [0.29, 0.717) is 12.2 Å². The van der Waals surface area contributed by atoms with Crippen molar-refractivity contribution in [1.82, 2.24) is 0 Å². The molecule has 3 rings (SSSR count). The number of benzene rings is 1. The number of hydrogen-bond acceptors (Lipinski definition) is 3. The minimum atomic E-state index is -2.31. The van der Waals surface area contributed by atoms with Crippen molar-refractivity contribution >= 4 is 14.3 Å². The first kappa shape index (κ1) is 20.5. The second kappa shape index (κ2) is 9.25. The molecule has 0 amide bonds. The van der Waals surface area contributed by atoms with Gasteiger partial charge in [-0.15, -0.1) is 0 Å². The number of esters is 1. The van der Waals surface area contributed by atoms with Gasteiger partial charge in [0, 0.05) is 11.1 Å². The molecule has 25 heavy (non-hydrogen) atoms. The van der Waals surface area contributed by atoms with Crippen LogP contribution in [0, 0.1) is 62.4 Å². The van der Waals surface area contributed by atoms with Crippen LogP contribution in [0.3, 0.4) is 0 Å². The summed E-state index contributed by atoms with van der Waals surface area (Å²) in [4.78, 5) is 11.8. The minimum absolute atomic E-state index is 0. The van der Waals surface area contributed by atoms with Crippen molar-refractivity contribution in [2.24, 2.45) is 0 Å². The molecule has 2 fully saturated rings. The molecule has 128 valence electrons. The van der Waals surface area contributed by atoms with Crippen LogP contribution < -0.4 is 4.43 Å². The summed E-state index contributed by atoms with van der Waals surface area (Å²) in [7, 11) is -2.31. The maximum absolute atomic E-state index is 11.8. The van der Waals surface area contributed by atoms with Gasteiger partial charge in [0.25, 0.3) is 8.32 Å². The average molecular weight is 392 g/mol. The Kier molecular flexibility index (Phi) is 7.60. The van der Waals surface area contributed by atoms with Gasteiger partial charge < -0.3 is 9.16 Å². The van der Waals surface area contributed by atoms with E-state index in [9.17, 15) is 4.79 Å². The molecule has 0 aromatic heterocycles. The van der Waals surface area contributed by atoms with Crippen LogP contribution in [-0.4, -0.2) is 20.9 Å². The Morgan fingerprint density at radius 1 is 0.920 bits per heavy atom. The smallest absolute Gasteiger partial charge is 0.543 e. The van der Waals surface area contributed by atoms with Crippen molar-refractivity contribution in [3.05, 3.63) is 92.3 Å². The molecule has 0 N–H and O–H groups in total. The number of hydrogen-bond donors (Lipinski definition) is 0. The first-order chi connectivity index (χ1) is 11.6. The standard InChI is InChI=1S/C20H20O3Si.Fe/c1-3-22-20(21)16-12-14-17(15-13-16)23-24(2,18-8-4-5-9-18)19-10-6-7-11-19;/h4-15H,3H2,1-2H3;/q;+2. The maximum atomic E-state index is 11.8. The SMILES string of the molecule is CCOC(=O)c1ccc(O[Si](C)([C]2[CH][CH][CH][CH]2)[C]2[CH][CH][CH][CH]2)cc1.[Fe+2]. The van der Waals surface area contributed by atoms with E-state index in [1.54, 1.807) is 19.1 Å². The summed E-state index contributed by atoms with van der Waals surface area (Å²) in [6, 6.07) is 7.17. The summed E-state index contributed by atoms with van der Waals surface area (Å²) >= 11 is 0. The fourth-order valence-electron chi connectivity index (χ4n) is 2.78. The molecule has 1 aromatic carbocycles. The zero-order valence-corrected chi connectivity index (χ0v) is 16.3. The van der Waals surface area contributed by atoms with Gasteiger partial charge in [0.15, 0.2) is 0 Å². The van der Waals surface area contributed by atoms with Gasteiger partial charge in [-0.1, -0.05) is 0 Å². The molecule has 1 aromatic rings. The predicted molar refractivity (Wildman–Crippen MR) is 95.5 cm³/mol. The molecular weight excluding hydrogens is 372 g/mol. The number of ether oxygens (including phenoxy) is 1. The summed E-state index contributed by atoms with van der Waals surface area (Å²) in [5, 5.41) is 0. The van der Waals surface area contributed by atoms with Crippen LogP contribution in [0.15, 0.2) is 24.3 Å². The van der Waals surface area contributed by atoms with Crippen molar-refractivity contribution < 1.29 is 31.0 Å². The second-order valence-corrected chi connectivity index (χ2v) is 9.15. The van der Waals surface area contributed by atoms with E-state index in [-0.39, 0.29) is 23.0 Å². The normalized spacial score (nSPS) is 18.8. The van der Waals surface area contributed by atoms with Crippen LogP contribution in [-0.2, 0) is 21.8 Å². The van der Waals surface area contributed by atoms with Gasteiger partial charge in [-0.2, -0.15) is 0 Å². The molecule has 2 aliphatic carbocycles. The summed E-state index contributed by atoms with van der Waals surface area (Å²) in [5.74, 6) is 0.454. The average Bonchev–Trinajstić information content (AvgIpc) is 3.29. The van der Waals surface area contributed by atoms with E-state index in [4.69, 9.17) is 9.16 Å². The Morgan fingerprint density at radius 2 is 1.40 bits per heavy atom. The Labute approximate surface area is 163 Å². The van der Waals surface area contributed by atoms with Gasteiger partial charge in [-0.25, -0.2) is 4.79 Å². The third kappa shape index (κ3) is 4.69. The number of carbonyl (C=O) groups is 1. The maximum Gasteiger partial charge on any atom is 2.00 e. The molecule has 0 bridgehead atoms. The summed E-state index contributed by atoms with van der Waals surface area (Å²) in [5.41, 5.74) is 2.99. The van der Waals surface area contributed by atoms with Gasteiger partial charge in [0.1, 0.15) is 5.75 Å². The van der Waals surface area contributed by atoms with Crippen LogP contribution in [0.25, 0.3) is 0 Å². The first-order valence-corrected chi connectivity index (χ1v) is 10.4. The zero-order valence-electron chi connectivity index (χ0n) is 14.2. The van der Waals surface area contributed by atoms with Crippen molar-refractivity contribution in [2.45, 2.75) is 13.5 Å². The van der Waals surface area contributed by atoms with Gasteiger partial charge in [-0.3, -0.25) is 0 Å². The molecule has 0 atom stereocenters. The van der Waals surface area contributed by atoms with Gasteiger partial charge in [-0.05, 0) is 89.1 Å². The molecule has 2 aliphatic rings. The molecular formula is C20H20FeO3Si+2. The molecule has 0 spiro atoms. The second-order valence-electron chi connectivity index (χ2n) is 5.73. The molecule has 5 heteroatoms. The fourth-order valence-corrected chi connectivity index (χ4v) is 5.61. The van der Waals surface area contributed by atoms with Crippen molar-refractivity contribution in [1.29, 1.82) is 0 Å². The van der Waals surface area contributed by atoms with Crippen LogP contribution in [0.4, 0.5) is 0 Å². The molecule has 2 saturated carbocycles. The van der Waals surface area contributed by atoms with E-state index in [1.807, 2.05) is 37.8 Å². The monoisotopic (exact) mass is 392 g/mol. The largest absolute Gasteiger partial charge is 2.00 e. The molecule has 0 aliphatic heterocycles. The van der Waals surface area contributed by atoms with Crippen LogP contribution >= 0.6 is 0 Å². The van der Waals surface area contributed by atoms with Crippen molar-refractivity contribution in [2.75, 3.05) is 6.61 Å². The van der Waals surface area contributed by atoms with E-state index in [2.05, 4.69) is 32.2 Å². The predicted octanol–water partition coefficient (Wildman–Crippen LogP) is 3.70. The van der Waals surface area contributed by atoms with Crippen molar-refractivity contribution in [3.8, 4) is 5.75 Å². The summed E-state index contributed by atoms with van der Waals surface area (Å²) < 4.78 is 11.5. The Bertz CT molecular complexity index is 533. The molecule has 0 heterocycles. The van der Waals surface area contributed by atoms with E-state index < -0.39 is 8.32 Å². The van der Waals surface area contributed by atoms with Gasteiger partial charge >= 0.3 is 23.0 Å². The van der Waals surface area contributed by atoms with Crippen LogP contribution in [0.2, 0.25) is 6.55 Å². The molecule has 0 saturated heterocycles. The third-order valence-electron chi connectivity index (χ3n) is 4.11. The van der Waals surface area contributed by atoms with Crippen molar-refractivity contribution in [3.63, 3.8) is 0 Å². The molecule has 0 unspecified atom stereocenters. The van der Waals surface area contributed by atoms with Gasteiger partial charge in [0.2, 0.25) is 0 Å². The topological polar surface area (TPSA) is 35.5 Å². The van der Waals surface area contributed by atoms with Crippen LogP contribution in [0.5, 0.6) is 5.75 Å². The fraction of sp³-hybridized carbons (Fsp3) is 0.150. The first-order valence-electron chi connectivity index (χ1n) is 8.04. The Morgan fingerprint density at radius 3 is 1.84 bits per heavy atom. The summed E-state index contributed by atoms with van der Waals surface area (Å²) in [6.45, 7) is 4.36. The summed E-state index contributed by atoms with van der Waals surface area (Å²) in [6.07, 6.45) is 16.6.